The van der Waals surface area contributed by atoms with Crippen molar-refractivity contribution in [1.29, 1.82) is 0 Å². The van der Waals surface area contributed by atoms with E-state index >= 15 is 0 Å². The van der Waals surface area contributed by atoms with Gasteiger partial charge in [0.15, 0.2) is 0 Å². The minimum absolute atomic E-state index is 0.0803. The fourth-order valence-electron chi connectivity index (χ4n) is 4.33. The number of nitrogens with one attached hydrogen (secondary N) is 1. The summed E-state index contributed by atoms with van der Waals surface area (Å²) in [6.45, 7) is 7.26. The van der Waals surface area contributed by atoms with Gasteiger partial charge < -0.3 is 9.15 Å². The highest BCUT2D eigenvalue weighted by Gasteiger charge is 2.32. The van der Waals surface area contributed by atoms with Crippen LogP contribution in [-0.2, 0) is 27.7 Å². The van der Waals surface area contributed by atoms with Gasteiger partial charge in [-0.05, 0) is 68.9 Å². The van der Waals surface area contributed by atoms with E-state index in [-0.39, 0.29) is 22.2 Å². The van der Waals surface area contributed by atoms with Crippen molar-refractivity contribution < 1.29 is 22.4 Å². The number of aryl methyl sites for hydroxylation is 3. The standard InChI is InChI=1S/C26H29NO6S/c1-5-16(3)23(27-34(30,31)18-11-9-15(2)10-12-18)26(29)32-22-14-13-20-19-7-6-8-21(19)25(28)33-24(20)17(22)4/h9-14,16,23,27H,5-8H2,1-4H3/t16-,23-/m0/s1. The summed E-state index contributed by atoms with van der Waals surface area (Å²) < 4.78 is 39.7. The number of fused-ring (bicyclic) bond motifs is 3. The van der Waals surface area contributed by atoms with Crippen molar-refractivity contribution in [2.75, 3.05) is 0 Å². The first-order valence-electron chi connectivity index (χ1n) is 11.5. The molecule has 2 atom stereocenters. The van der Waals surface area contributed by atoms with Gasteiger partial charge in [0, 0.05) is 16.5 Å². The van der Waals surface area contributed by atoms with E-state index in [0.29, 0.717) is 24.0 Å². The Bertz CT molecular complexity index is 1410. The van der Waals surface area contributed by atoms with Gasteiger partial charge in [-0.15, -0.1) is 0 Å². The molecule has 1 heterocycles. The summed E-state index contributed by atoms with van der Waals surface area (Å²) in [5, 5.41) is 0.850. The number of carbonyl (C=O) groups excluding carboxylic acids is 1. The fourth-order valence-corrected chi connectivity index (χ4v) is 5.62. The van der Waals surface area contributed by atoms with Crippen molar-refractivity contribution in [1.82, 2.24) is 4.72 Å². The van der Waals surface area contributed by atoms with E-state index in [1.807, 2.05) is 13.8 Å². The van der Waals surface area contributed by atoms with Crippen molar-refractivity contribution >= 4 is 27.0 Å². The molecule has 2 aromatic carbocycles. The molecule has 0 bridgehead atoms. The van der Waals surface area contributed by atoms with Gasteiger partial charge in [-0.1, -0.05) is 38.0 Å². The average molecular weight is 484 g/mol. The van der Waals surface area contributed by atoms with Crippen molar-refractivity contribution in [3.8, 4) is 5.75 Å². The van der Waals surface area contributed by atoms with Crippen LogP contribution in [0.5, 0.6) is 5.75 Å². The Labute approximate surface area is 199 Å². The van der Waals surface area contributed by atoms with E-state index in [9.17, 15) is 18.0 Å². The van der Waals surface area contributed by atoms with Crippen LogP contribution in [0.3, 0.4) is 0 Å². The zero-order valence-corrected chi connectivity index (χ0v) is 20.6. The average Bonchev–Trinajstić information content (AvgIpc) is 3.30. The molecule has 1 aliphatic rings. The summed E-state index contributed by atoms with van der Waals surface area (Å²) in [5.41, 5.74) is 3.23. The lowest BCUT2D eigenvalue weighted by Gasteiger charge is -2.23. The SMILES string of the molecule is CC[C@H](C)[C@H](NS(=O)(=O)c1ccc(C)cc1)C(=O)Oc1ccc2c3c(c(=O)oc2c1C)CCC3. The third kappa shape index (κ3) is 4.52. The Kier molecular flexibility index (Phi) is 6.64. The molecule has 3 aromatic rings. The molecular weight excluding hydrogens is 454 g/mol. The minimum atomic E-state index is -3.94. The fraction of sp³-hybridized carbons (Fsp3) is 0.385. The molecule has 34 heavy (non-hydrogen) atoms. The van der Waals surface area contributed by atoms with Crippen molar-refractivity contribution in [2.24, 2.45) is 5.92 Å². The Balaban J connectivity index is 1.64. The van der Waals surface area contributed by atoms with E-state index < -0.39 is 22.0 Å². The van der Waals surface area contributed by atoms with Crippen molar-refractivity contribution in [3.05, 3.63) is 69.1 Å². The van der Waals surface area contributed by atoms with Crippen molar-refractivity contribution in [2.45, 2.75) is 64.3 Å². The van der Waals surface area contributed by atoms with Gasteiger partial charge in [0.2, 0.25) is 10.0 Å². The molecule has 0 amide bonds. The Morgan fingerprint density at radius 2 is 1.76 bits per heavy atom. The summed E-state index contributed by atoms with van der Waals surface area (Å²) in [6.07, 6.45) is 2.99. The molecule has 7 nitrogen and oxygen atoms in total. The highest BCUT2D eigenvalue weighted by molar-refractivity contribution is 7.89. The largest absolute Gasteiger partial charge is 0.425 e. The van der Waals surface area contributed by atoms with Crippen LogP contribution < -0.4 is 15.1 Å². The maximum atomic E-state index is 13.2. The maximum absolute atomic E-state index is 13.2. The third-order valence-corrected chi connectivity index (χ3v) is 8.09. The van der Waals surface area contributed by atoms with E-state index in [0.717, 1.165) is 34.9 Å². The second kappa shape index (κ2) is 9.35. The summed E-state index contributed by atoms with van der Waals surface area (Å²) >= 11 is 0. The molecule has 1 aliphatic carbocycles. The topological polar surface area (TPSA) is 103 Å². The number of esters is 1. The number of carbonyl (C=O) groups is 1. The second-order valence-electron chi connectivity index (χ2n) is 8.98. The molecule has 0 fully saturated rings. The summed E-state index contributed by atoms with van der Waals surface area (Å²) in [4.78, 5) is 25.7. The number of sulfonamides is 1. The highest BCUT2D eigenvalue weighted by Crippen LogP contribution is 2.33. The zero-order chi connectivity index (χ0) is 24.6. The molecule has 8 heteroatoms. The van der Waals surface area contributed by atoms with E-state index in [4.69, 9.17) is 9.15 Å². The molecule has 0 aliphatic heterocycles. The lowest BCUT2D eigenvalue weighted by molar-refractivity contribution is -0.137. The smallest absolute Gasteiger partial charge is 0.339 e. The molecule has 180 valence electrons. The van der Waals surface area contributed by atoms with E-state index in [1.165, 1.54) is 12.1 Å². The zero-order valence-electron chi connectivity index (χ0n) is 19.8. The molecule has 1 aromatic heterocycles. The van der Waals surface area contributed by atoms with E-state index in [2.05, 4.69) is 4.72 Å². The van der Waals surface area contributed by atoms with Gasteiger partial charge in [0.25, 0.3) is 0 Å². The van der Waals surface area contributed by atoms with Gasteiger partial charge in [-0.25, -0.2) is 18.0 Å². The number of hydrogen-bond donors (Lipinski definition) is 1. The van der Waals surface area contributed by atoms with Gasteiger partial charge >= 0.3 is 11.6 Å². The van der Waals surface area contributed by atoms with Gasteiger partial charge in [-0.2, -0.15) is 4.72 Å². The monoisotopic (exact) mass is 483 g/mol. The molecule has 0 radical (unpaired) electrons. The Morgan fingerprint density at radius 3 is 2.44 bits per heavy atom. The first kappa shape index (κ1) is 24.2. The van der Waals surface area contributed by atoms with Crippen molar-refractivity contribution in [3.63, 3.8) is 0 Å². The predicted octanol–water partition coefficient (Wildman–Crippen LogP) is 4.20. The normalized spacial score (nSPS) is 15.2. The summed E-state index contributed by atoms with van der Waals surface area (Å²) in [7, 11) is -3.94. The van der Waals surface area contributed by atoms with Crippen LogP contribution in [0.2, 0.25) is 0 Å². The molecule has 0 unspecified atom stereocenters. The van der Waals surface area contributed by atoms with Gasteiger partial charge in [0.05, 0.1) is 4.90 Å². The quantitative estimate of drug-likeness (QED) is 0.307. The first-order chi connectivity index (χ1) is 16.1. The van der Waals surface area contributed by atoms with Crippen LogP contribution in [-0.4, -0.2) is 20.4 Å². The predicted molar refractivity (Wildman–Crippen MR) is 130 cm³/mol. The molecule has 0 saturated heterocycles. The van der Waals surface area contributed by atoms with Crippen LogP contribution in [0.4, 0.5) is 0 Å². The third-order valence-electron chi connectivity index (χ3n) is 6.63. The number of hydrogen-bond acceptors (Lipinski definition) is 6. The second-order valence-corrected chi connectivity index (χ2v) is 10.7. The molecule has 0 spiro atoms. The first-order valence-corrected chi connectivity index (χ1v) is 13.0. The maximum Gasteiger partial charge on any atom is 0.339 e. The number of benzene rings is 2. The number of rotatable bonds is 7. The summed E-state index contributed by atoms with van der Waals surface area (Å²) in [6, 6.07) is 8.80. The Hall–Kier alpha value is -2.97. The van der Waals surface area contributed by atoms with E-state index in [1.54, 1.807) is 38.1 Å². The van der Waals surface area contributed by atoms with Crippen LogP contribution in [0.15, 0.2) is 50.5 Å². The highest BCUT2D eigenvalue weighted by atomic mass is 32.2. The lowest BCUT2D eigenvalue weighted by Crippen LogP contribution is -2.47. The number of ether oxygens (including phenoxy) is 1. The van der Waals surface area contributed by atoms with Crippen LogP contribution in [0.25, 0.3) is 11.0 Å². The molecule has 1 N–H and O–H groups in total. The summed E-state index contributed by atoms with van der Waals surface area (Å²) in [5.74, 6) is -0.785. The molecule has 4 rings (SSSR count). The Morgan fingerprint density at radius 1 is 1.09 bits per heavy atom. The molecule has 0 saturated carbocycles. The minimum Gasteiger partial charge on any atom is -0.425 e. The lowest BCUT2D eigenvalue weighted by atomic mass is 10.0. The van der Waals surface area contributed by atoms with Gasteiger partial charge in [-0.3, -0.25) is 0 Å². The van der Waals surface area contributed by atoms with Crippen LogP contribution in [0, 0.1) is 19.8 Å². The van der Waals surface area contributed by atoms with Gasteiger partial charge in [0.1, 0.15) is 17.4 Å². The molecular formula is C26H29NO6S. The van der Waals surface area contributed by atoms with Crippen LogP contribution >= 0.6 is 0 Å². The van der Waals surface area contributed by atoms with Crippen LogP contribution in [0.1, 0.15) is 48.9 Å².